The van der Waals surface area contributed by atoms with Gasteiger partial charge in [0, 0.05) is 13.1 Å². The molecule has 1 fully saturated rings. The minimum Gasteiger partial charge on any atom is -0.508 e. The van der Waals surface area contributed by atoms with E-state index in [4.69, 9.17) is 0 Å². The molecule has 29 heavy (non-hydrogen) atoms. The monoisotopic (exact) mass is 389 g/mol. The summed E-state index contributed by atoms with van der Waals surface area (Å²) < 4.78 is 1.95. The molecule has 0 aliphatic carbocycles. The molecule has 150 valence electrons. The molecule has 0 bridgehead atoms. The van der Waals surface area contributed by atoms with Crippen molar-refractivity contribution in [3.63, 3.8) is 0 Å². The zero-order chi connectivity index (χ0) is 20.2. The Morgan fingerprint density at radius 2 is 1.76 bits per heavy atom. The molecular weight excluding hydrogens is 362 g/mol. The zero-order valence-electron chi connectivity index (χ0n) is 16.8. The standard InChI is InChI=1S/C24H27N3O2/c1-2-23-22(16-25-27(23)17-18-6-4-3-5-7-18)24(29)26-14-12-20(13-15-26)19-8-10-21(28)11-9-19/h3-11,16,20,28H,2,12-15,17H2,1H3. The summed E-state index contributed by atoms with van der Waals surface area (Å²) >= 11 is 0. The summed E-state index contributed by atoms with van der Waals surface area (Å²) in [5.41, 5.74) is 4.14. The summed E-state index contributed by atoms with van der Waals surface area (Å²) in [5.74, 6) is 0.817. The average molecular weight is 389 g/mol. The Bertz CT molecular complexity index is 956. The summed E-state index contributed by atoms with van der Waals surface area (Å²) in [4.78, 5) is 15.1. The van der Waals surface area contributed by atoms with Crippen LogP contribution in [0.25, 0.3) is 0 Å². The molecule has 1 N–H and O–H groups in total. The number of carbonyl (C=O) groups excluding carboxylic acids is 1. The van der Waals surface area contributed by atoms with Crippen molar-refractivity contribution in [2.24, 2.45) is 0 Å². The Kier molecular flexibility index (Phi) is 5.65. The van der Waals surface area contributed by atoms with Gasteiger partial charge in [-0.25, -0.2) is 0 Å². The molecular formula is C24H27N3O2. The second-order valence-electron chi connectivity index (χ2n) is 7.66. The van der Waals surface area contributed by atoms with E-state index >= 15 is 0 Å². The third kappa shape index (κ3) is 4.19. The van der Waals surface area contributed by atoms with Crippen molar-refractivity contribution in [2.75, 3.05) is 13.1 Å². The summed E-state index contributed by atoms with van der Waals surface area (Å²) in [7, 11) is 0. The number of piperidine rings is 1. The van der Waals surface area contributed by atoms with Crippen molar-refractivity contribution in [3.05, 3.63) is 83.2 Å². The molecule has 1 aliphatic rings. The normalized spacial score (nSPS) is 14.9. The third-order valence-corrected chi connectivity index (χ3v) is 5.84. The molecule has 3 aromatic rings. The molecule has 1 aliphatic heterocycles. The molecule has 0 saturated carbocycles. The van der Waals surface area contributed by atoms with Crippen LogP contribution in [-0.2, 0) is 13.0 Å². The van der Waals surface area contributed by atoms with Crippen molar-refractivity contribution < 1.29 is 9.90 Å². The predicted molar refractivity (Wildman–Crippen MR) is 113 cm³/mol. The van der Waals surface area contributed by atoms with Crippen LogP contribution in [0.3, 0.4) is 0 Å². The van der Waals surface area contributed by atoms with Gasteiger partial charge in [0.25, 0.3) is 5.91 Å². The molecule has 5 heteroatoms. The number of aromatic nitrogens is 2. The first-order valence-electron chi connectivity index (χ1n) is 10.3. The molecule has 2 heterocycles. The lowest BCUT2D eigenvalue weighted by Crippen LogP contribution is -2.38. The van der Waals surface area contributed by atoms with E-state index in [0.717, 1.165) is 43.6 Å². The van der Waals surface area contributed by atoms with Gasteiger partial charge < -0.3 is 10.0 Å². The lowest BCUT2D eigenvalue weighted by molar-refractivity contribution is 0.0711. The van der Waals surface area contributed by atoms with E-state index in [1.165, 1.54) is 11.1 Å². The molecule has 1 saturated heterocycles. The highest BCUT2D eigenvalue weighted by molar-refractivity contribution is 5.95. The third-order valence-electron chi connectivity index (χ3n) is 5.84. The number of benzene rings is 2. The number of hydrogen-bond donors (Lipinski definition) is 1. The van der Waals surface area contributed by atoms with Crippen LogP contribution in [0.1, 0.15) is 52.9 Å². The molecule has 0 atom stereocenters. The molecule has 2 aromatic carbocycles. The van der Waals surface area contributed by atoms with E-state index in [1.807, 2.05) is 39.9 Å². The number of rotatable bonds is 5. The maximum atomic E-state index is 13.2. The minimum absolute atomic E-state index is 0.0883. The van der Waals surface area contributed by atoms with E-state index in [9.17, 15) is 9.90 Å². The van der Waals surface area contributed by atoms with Gasteiger partial charge in [-0.1, -0.05) is 49.4 Å². The summed E-state index contributed by atoms with van der Waals surface area (Å²) in [5, 5.41) is 14.0. The van der Waals surface area contributed by atoms with Gasteiger partial charge in [0.05, 0.1) is 24.0 Å². The van der Waals surface area contributed by atoms with Crippen LogP contribution in [0.5, 0.6) is 5.75 Å². The average Bonchev–Trinajstić information content (AvgIpc) is 3.17. The number of phenols is 1. The van der Waals surface area contributed by atoms with Gasteiger partial charge in [0.2, 0.25) is 0 Å². The Balaban J connectivity index is 1.44. The number of likely N-dealkylation sites (tertiary alicyclic amines) is 1. The fourth-order valence-electron chi connectivity index (χ4n) is 4.19. The predicted octanol–water partition coefficient (Wildman–Crippen LogP) is 4.22. The van der Waals surface area contributed by atoms with Crippen molar-refractivity contribution in [1.29, 1.82) is 0 Å². The number of hydrogen-bond acceptors (Lipinski definition) is 3. The highest BCUT2D eigenvalue weighted by Crippen LogP contribution is 2.30. The molecule has 0 unspecified atom stereocenters. The van der Waals surface area contributed by atoms with E-state index in [2.05, 4.69) is 24.2 Å². The van der Waals surface area contributed by atoms with Crippen LogP contribution in [0, 0.1) is 0 Å². The first kappa shape index (κ1) is 19.2. The van der Waals surface area contributed by atoms with Crippen LogP contribution in [0.15, 0.2) is 60.8 Å². The largest absolute Gasteiger partial charge is 0.508 e. The van der Waals surface area contributed by atoms with E-state index in [1.54, 1.807) is 18.3 Å². The van der Waals surface area contributed by atoms with Crippen molar-refractivity contribution in [2.45, 2.75) is 38.6 Å². The topological polar surface area (TPSA) is 58.4 Å². The minimum atomic E-state index is 0.0883. The fourth-order valence-corrected chi connectivity index (χ4v) is 4.19. The van der Waals surface area contributed by atoms with Gasteiger partial charge in [-0.2, -0.15) is 5.10 Å². The number of phenolic OH excluding ortho intramolecular Hbond substituents is 1. The maximum absolute atomic E-state index is 13.2. The van der Waals surface area contributed by atoms with Crippen molar-refractivity contribution in [1.82, 2.24) is 14.7 Å². The second-order valence-corrected chi connectivity index (χ2v) is 7.66. The Morgan fingerprint density at radius 1 is 1.07 bits per heavy atom. The lowest BCUT2D eigenvalue weighted by atomic mass is 9.89. The van der Waals surface area contributed by atoms with Gasteiger partial charge in [-0.3, -0.25) is 9.48 Å². The van der Waals surface area contributed by atoms with Crippen LogP contribution in [0.4, 0.5) is 0 Å². The molecule has 5 nitrogen and oxygen atoms in total. The number of aromatic hydroxyl groups is 1. The Morgan fingerprint density at radius 3 is 2.41 bits per heavy atom. The Hall–Kier alpha value is -3.08. The smallest absolute Gasteiger partial charge is 0.257 e. The van der Waals surface area contributed by atoms with Gasteiger partial charge >= 0.3 is 0 Å². The van der Waals surface area contributed by atoms with Gasteiger partial charge in [-0.05, 0) is 48.4 Å². The second kappa shape index (κ2) is 8.52. The first-order chi connectivity index (χ1) is 14.2. The molecule has 0 spiro atoms. The van der Waals surface area contributed by atoms with Gasteiger partial charge in [0.1, 0.15) is 5.75 Å². The first-order valence-corrected chi connectivity index (χ1v) is 10.3. The number of amides is 1. The SMILES string of the molecule is CCc1c(C(=O)N2CCC(c3ccc(O)cc3)CC2)cnn1Cc1ccccc1. The van der Waals surface area contributed by atoms with E-state index in [0.29, 0.717) is 18.2 Å². The van der Waals surface area contributed by atoms with Crippen molar-refractivity contribution in [3.8, 4) is 5.75 Å². The van der Waals surface area contributed by atoms with Gasteiger partial charge in [-0.15, -0.1) is 0 Å². The molecule has 1 amide bonds. The van der Waals surface area contributed by atoms with Crippen LogP contribution in [0.2, 0.25) is 0 Å². The highest BCUT2D eigenvalue weighted by atomic mass is 16.3. The quantitative estimate of drug-likeness (QED) is 0.711. The lowest BCUT2D eigenvalue weighted by Gasteiger charge is -2.32. The van der Waals surface area contributed by atoms with Crippen LogP contribution >= 0.6 is 0 Å². The zero-order valence-corrected chi connectivity index (χ0v) is 16.8. The Labute approximate surface area is 171 Å². The summed E-state index contributed by atoms with van der Waals surface area (Å²) in [6.45, 7) is 4.25. The van der Waals surface area contributed by atoms with Crippen LogP contribution in [-0.4, -0.2) is 38.8 Å². The fraction of sp³-hybridized carbons (Fsp3) is 0.333. The van der Waals surface area contributed by atoms with Crippen LogP contribution < -0.4 is 0 Å². The molecule has 0 radical (unpaired) electrons. The highest BCUT2D eigenvalue weighted by Gasteiger charge is 2.27. The van der Waals surface area contributed by atoms with Gasteiger partial charge in [0.15, 0.2) is 0 Å². The summed E-state index contributed by atoms with van der Waals surface area (Å²) in [6, 6.07) is 17.7. The summed E-state index contributed by atoms with van der Waals surface area (Å²) in [6.07, 6.45) is 4.39. The van der Waals surface area contributed by atoms with E-state index in [-0.39, 0.29) is 5.91 Å². The molecule has 1 aromatic heterocycles. The number of carbonyl (C=O) groups is 1. The molecule has 4 rings (SSSR count). The number of nitrogens with zero attached hydrogens (tertiary/aromatic N) is 3. The van der Waals surface area contributed by atoms with E-state index < -0.39 is 0 Å². The maximum Gasteiger partial charge on any atom is 0.257 e. The van der Waals surface area contributed by atoms with Crippen molar-refractivity contribution >= 4 is 5.91 Å².